The van der Waals surface area contributed by atoms with Crippen LogP contribution in [0.1, 0.15) is 47.0 Å². The van der Waals surface area contributed by atoms with Gasteiger partial charge in [-0.25, -0.2) is 4.79 Å². The third kappa shape index (κ3) is 2.36. The molecule has 0 bridgehead atoms. The van der Waals surface area contributed by atoms with Crippen LogP contribution >= 0.6 is 0 Å². The molecule has 2 unspecified atom stereocenters. The van der Waals surface area contributed by atoms with E-state index in [0.29, 0.717) is 19.4 Å². The fourth-order valence-electron chi connectivity index (χ4n) is 2.48. The summed E-state index contributed by atoms with van der Waals surface area (Å²) < 4.78 is 0. The van der Waals surface area contributed by atoms with Gasteiger partial charge in [0, 0.05) is 6.54 Å². The molecule has 1 heterocycles. The van der Waals surface area contributed by atoms with E-state index in [2.05, 4.69) is 0 Å². The summed E-state index contributed by atoms with van der Waals surface area (Å²) in [5.74, 6) is -1.17. The van der Waals surface area contributed by atoms with Crippen LogP contribution in [0.2, 0.25) is 0 Å². The first-order chi connectivity index (χ1) is 8.16. The van der Waals surface area contributed by atoms with Gasteiger partial charge in [0.1, 0.15) is 5.54 Å². The monoisotopic (exact) mass is 256 g/mol. The molecular weight excluding hydrogens is 232 g/mol. The molecule has 18 heavy (non-hydrogen) atoms. The standard InChI is InChI=1S/C13H24N2O3/c1-5-13(11(17)18)7-6-8-15(13)10(16)9(14)12(2,3)4/h9H,5-8,14H2,1-4H3,(H,17,18). The van der Waals surface area contributed by atoms with Gasteiger partial charge in [-0.3, -0.25) is 4.79 Å². The zero-order valence-electron chi connectivity index (χ0n) is 11.7. The predicted molar refractivity (Wildman–Crippen MR) is 69.0 cm³/mol. The van der Waals surface area contributed by atoms with Crippen molar-refractivity contribution in [1.29, 1.82) is 0 Å². The average Bonchev–Trinajstić information content (AvgIpc) is 2.70. The molecule has 3 N–H and O–H groups in total. The van der Waals surface area contributed by atoms with E-state index >= 15 is 0 Å². The van der Waals surface area contributed by atoms with Crippen molar-refractivity contribution in [2.24, 2.45) is 11.1 Å². The lowest BCUT2D eigenvalue weighted by atomic mass is 9.85. The van der Waals surface area contributed by atoms with Crippen molar-refractivity contribution >= 4 is 11.9 Å². The Morgan fingerprint density at radius 1 is 1.44 bits per heavy atom. The number of aliphatic carboxylic acids is 1. The van der Waals surface area contributed by atoms with Gasteiger partial charge < -0.3 is 15.7 Å². The largest absolute Gasteiger partial charge is 0.479 e. The third-order valence-electron chi connectivity index (χ3n) is 3.94. The molecule has 104 valence electrons. The van der Waals surface area contributed by atoms with E-state index in [1.54, 1.807) is 0 Å². The smallest absolute Gasteiger partial charge is 0.329 e. The molecule has 0 radical (unpaired) electrons. The highest BCUT2D eigenvalue weighted by molar-refractivity contribution is 5.90. The second-order valence-electron chi connectivity index (χ2n) is 6.13. The summed E-state index contributed by atoms with van der Waals surface area (Å²) in [4.78, 5) is 25.4. The number of carboxylic acids is 1. The molecule has 1 amide bonds. The molecule has 1 saturated heterocycles. The second-order valence-corrected chi connectivity index (χ2v) is 6.13. The number of carboxylic acid groups (broad SMARTS) is 1. The van der Waals surface area contributed by atoms with Crippen LogP contribution in [0, 0.1) is 5.41 Å². The second kappa shape index (κ2) is 4.88. The van der Waals surface area contributed by atoms with E-state index in [0.717, 1.165) is 6.42 Å². The molecule has 0 aromatic heterocycles. The normalized spacial score (nSPS) is 26.2. The van der Waals surface area contributed by atoms with Gasteiger partial charge in [0.15, 0.2) is 0 Å². The molecule has 5 nitrogen and oxygen atoms in total. The molecule has 5 heteroatoms. The lowest BCUT2D eigenvalue weighted by molar-refractivity contribution is -0.158. The van der Waals surface area contributed by atoms with Crippen LogP contribution in [0.15, 0.2) is 0 Å². The maximum absolute atomic E-state index is 12.4. The van der Waals surface area contributed by atoms with Gasteiger partial charge in [-0.05, 0) is 24.7 Å². The van der Waals surface area contributed by atoms with Crippen LogP contribution in [-0.4, -0.2) is 40.0 Å². The molecule has 1 aliphatic heterocycles. The third-order valence-corrected chi connectivity index (χ3v) is 3.94. The SMILES string of the molecule is CCC1(C(=O)O)CCCN1C(=O)C(N)C(C)(C)C. The van der Waals surface area contributed by atoms with E-state index < -0.39 is 17.6 Å². The predicted octanol–water partition coefficient (Wildman–Crippen LogP) is 1.22. The molecular formula is C13H24N2O3. The highest BCUT2D eigenvalue weighted by Crippen LogP contribution is 2.34. The van der Waals surface area contributed by atoms with Crippen LogP contribution in [0.3, 0.4) is 0 Å². The number of nitrogens with two attached hydrogens (primary N) is 1. The van der Waals surface area contributed by atoms with Gasteiger partial charge in [0.2, 0.25) is 5.91 Å². The Labute approximate surface area is 108 Å². The maximum atomic E-state index is 12.4. The summed E-state index contributed by atoms with van der Waals surface area (Å²) in [6.45, 7) is 7.96. The van der Waals surface area contributed by atoms with Gasteiger partial charge in [0.25, 0.3) is 0 Å². The van der Waals surface area contributed by atoms with E-state index in [9.17, 15) is 14.7 Å². The number of hydrogen-bond acceptors (Lipinski definition) is 3. The maximum Gasteiger partial charge on any atom is 0.329 e. The molecule has 2 atom stereocenters. The molecule has 0 aromatic carbocycles. The minimum atomic E-state index is -1.06. The minimum Gasteiger partial charge on any atom is -0.479 e. The van der Waals surface area contributed by atoms with Gasteiger partial charge in [-0.2, -0.15) is 0 Å². The summed E-state index contributed by atoms with van der Waals surface area (Å²) in [6, 6.07) is -0.666. The number of likely N-dealkylation sites (tertiary alicyclic amines) is 1. The van der Waals surface area contributed by atoms with Crippen molar-refractivity contribution in [3.05, 3.63) is 0 Å². The Bertz CT molecular complexity index is 349. The molecule has 1 fully saturated rings. The highest BCUT2D eigenvalue weighted by Gasteiger charge is 2.50. The van der Waals surface area contributed by atoms with Crippen LogP contribution < -0.4 is 5.73 Å². The quantitative estimate of drug-likeness (QED) is 0.795. The molecule has 0 aliphatic carbocycles. The van der Waals surface area contributed by atoms with Crippen molar-refractivity contribution in [1.82, 2.24) is 4.90 Å². The van der Waals surface area contributed by atoms with Gasteiger partial charge in [-0.1, -0.05) is 27.7 Å². The van der Waals surface area contributed by atoms with Crippen molar-refractivity contribution in [2.45, 2.75) is 58.5 Å². The first-order valence-corrected chi connectivity index (χ1v) is 6.47. The summed E-state index contributed by atoms with van der Waals surface area (Å²) in [7, 11) is 0. The summed E-state index contributed by atoms with van der Waals surface area (Å²) in [5.41, 5.74) is 4.55. The van der Waals surface area contributed by atoms with Crippen LogP contribution in [0.4, 0.5) is 0 Å². The van der Waals surface area contributed by atoms with Crippen LogP contribution in [0.25, 0.3) is 0 Å². The average molecular weight is 256 g/mol. The fraction of sp³-hybridized carbons (Fsp3) is 0.846. The Hall–Kier alpha value is -1.10. The van der Waals surface area contributed by atoms with Crippen LogP contribution in [-0.2, 0) is 9.59 Å². The first kappa shape index (κ1) is 15.0. The van der Waals surface area contributed by atoms with E-state index in [4.69, 9.17) is 5.73 Å². The zero-order chi connectivity index (χ0) is 14.1. The van der Waals surface area contributed by atoms with Crippen molar-refractivity contribution < 1.29 is 14.7 Å². The lowest BCUT2D eigenvalue weighted by Crippen LogP contribution is -2.59. The van der Waals surface area contributed by atoms with Crippen molar-refractivity contribution in [3.8, 4) is 0 Å². The van der Waals surface area contributed by atoms with Gasteiger partial charge in [-0.15, -0.1) is 0 Å². The highest BCUT2D eigenvalue weighted by atomic mass is 16.4. The van der Waals surface area contributed by atoms with Gasteiger partial charge >= 0.3 is 5.97 Å². The number of rotatable bonds is 3. The first-order valence-electron chi connectivity index (χ1n) is 6.47. The fourth-order valence-corrected chi connectivity index (χ4v) is 2.48. The van der Waals surface area contributed by atoms with Crippen molar-refractivity contribution in [2.75, 3.05) is 6.54 Å². The number of nitrogens with zero attached hydrogens (tertiary/aromatic N) is 1. The molecule has 1 rings (SSSR count). The molecule has 0 spiro atoms. The Morgan fingerprint density at radius 2 is 2.00 bits per heavy atom. The zero-order valence-corrected chi connectivity index (χ0v) is 11.7. The van der Waals surface area contributed by atoms with Crippen LogP contribution in [0.5, 0.6) is 0 Å². The van der Waals surface area contributed by atoms with Gasteiger partial charge in [0.05, 0.1) is 6.04 Å². The minimum absolute atomic E-state index is 0.246. The Morgan fingerprint density at radius 3 is 2.39 bits per heavy atom. The summed E-state index contributed by atoms with van der Waals surface area (Å²) in [6.07, 6.45) is 1.66. The summed E-state index contributed by atoms with van der Waals surface area (Å²) >= 11 is 0. The Balaban J connectivity index is 3.01. The number of carbonyl (C=O) groups is 2. The lowest BCUT2D eigenvalue weighted by Gasteiger charge is -2.38. The number of amides is 1. The number of carbonyl (C=O) groups excluding carboxylic acids is 1. The van der Waals surface area contributed by atoms with Crippen molar-refractivity contribution in [3.63, 3.8) is 0 Å². The topological polar surface area (TPSA) is 83.6 Å². The Kier molecular flexibility index (Phi) is 4.05. The molecule has 0 saturated carbocycles. The van der Waals surface area contributed by atoms with E-state index in [1.165, 1.54) is 4.90 Å². The van der Waals surface area contributed by atoms with E-state index in [1.807, 2.05) is 27.7 Å². The molecule has 1 aliphatic rings. The summed E-state index contributed by atoms with van der Waals surface area (Å²) in [5, 5.41) is 9.43. The molecule has 0 aromatic rings. The van der Waals surface area contributed by atoms with E-state index in [-0.39, 0.29) is 11.3 Å². The number of hydrogen-bond donors (Lipinski definition) is 2.